The number of benzene rings is 2. The molecule has 6 heteroatoms. The lowest BCUT2D eigenvalue weighted by atomic mass is 10.2. The van der Waals surface area contributed by atoms with Crippen LogP contribution in [0.25, 0.3) is 0 Å². The van der Waals surface area contributed by atoms with Crippen molar-refractivity contribution in [3.63, 3.8) is 0 Å². The Morgan fingerprint density at radius 2 is 1.78 bits per heavy atom. The first kappa shape index (κ1) is 17.4. The molecule has 0 bridgehead atoms. The predicted molar refractivity (Wildman–Crippen MR) is 99.0 cm³/mol. The Labute approximate surface area is 146 Å². The van der Waals surface area contributed by atoms with Crippen molar-refractivity contribution in [2.24, 2.45) is 0 Å². The molecule has 0 fully saturated rings. The van der Waals surface area contributed by atoms with Gasteiger partial charge in [-0.25, -0.2) is 0 Å². The minimum Gasteiger partial charge on any atom is -0.383 e. The van der Waals surface area contributed by atoms with E-state index in [1.807, 2.05) is 55.4 Å². The van der Waals surface area contributed by atoms with E-state index in [1.165, 1.54) is 0 Å². The van der Waals surface area contributed by atoms with E-state index in [0.717, 1.165) is 17.1 Å². The fraction of sp³-hybridized carbons (Fsp3) is 0.235. The van der Waals surface area contributed by atoms with Crippen molar-refractivity contribution < 1.29 is 4.79 Å². The van der Waals surface area contributed by atoms with Gasteiger partial charge in [-0.3, -0.25) is 4.79 Å². The SMILES string of the molecule is CN(C)c1ccc(NC(=O)CCNc2cccc(Cl)c2Cl)cc1. The van der Waals surface area contributed by atoms with Gasteiger partial charge in [0, 0.05) is 38.4 Å². The second kappa shape index (κ2) is 8.09. The molecule has 0 radical (unpaired) electrons. The van der Waals surface area contributed by atoms with E-state index in [4.69, 9.17) is 23.2 Å². The Hall–Kier alpha value is -1.91. The third kappa shape index (κ3) is 5.05. The molecule has 0 heterocycles. The highest BCUT2D eigenvalue weighted by molar-refractivity contribution is 6.43. The summed E-state index contributed by atoms with van der Waals surface area (Å²) in [4.78, 5) is 14.0. The molecule has 1 amide bonds. The van der Waals surface area contributed by atoms with Crippen molar-refractivity contribution >= 4 is 46.2 Å². The molecule has 4 nitrogen and oxygen atoms in total. The molecule has 0 aliphatic rings. The lowest BCUT2D eigenvalue weighted by molar-refractivity contribution is -0.115. The molecule has 0 aromatic heterocycles. The van der Waals surface area contributed by atoms with Crippen LogP contribution >= 0.6 is 23.2 Å². The van der Waals surface area contributed by atoms with E-state index in [0.29, 0.717) is 23.0 Å². The van der Waals surface area contributed by atoms with Crippen LogP contribution in [-0.2, 0) is 4.79 Å². The summed E-state index contributed by atoms with van der Waals surface area (Å²) >= 11 is 12.0. The lowest BCUT2D eigenvalue weighted by Crippen LogP contribution is -2.16. The van der Waals surface area contributed by atoms with Gasteiger partial charge in [0.15, 0.2) is 0 Å². The van der Waals surface area contributed by atoms with Crippen LogP contribution in [0.3, 0.4) is 0 Å². The van der Waals surface area contributed by atoms with Crippen LogP contribution in [0.1, 0.15) is 6.42 Å². The van der Waals surface area contributed by atoms with Gasteiger partial charge in [-0.1, -0.05) is 29.3 Å². The van der Waals surface area contributed by atoms with Crippen LogP contribution in [0.4, 0.5) is 17.1 Å². The molecule has 0 saturated heterocycles. The Balaban J connectivity index is 1.82. The Morgan fingerprint density at radius 3 is 2.43 bits per heavy atom. The Kier molecular flexibility index (Phi) is 6.13. The zero-order valence-electron chi connectivity index (χ0n) is 13.1. The van der Waals surface area contributed by atoms with E-state index in [1.54, 1.807) is 6.07 Å². The summed E-state index contributed by atoms with van der Waals surface area (Å²) < 4.78 is 0. The number of halogens is 2. The molecule has 2 rings (SSSR count). The maximum absolute atomic E-state index is 12.0. The van der Waals surface area contributed by atoms with Crippen LogP contribution < -0.4 is 15.5 Å². The number of carbonyl (C=O) groups excluding carboxylic acids is 1. The number of nitrogens with zero attached hydrogens (tertiary/aromatic N) is 1. The van der Waals surface area contributed by atoms with E-state index in [9.17, 15) is 4.79 Å². The Bertz CT molecular complexity index is 672. The first-order chi connectivity index (χ1) is 11.0. The molecule has 0 unspecified atom stereocenters. The predicted octanol–water partition coefficient (Wildman–Crippen LogP) is 4.50. The fourth-order valence-electron chi connectivity index (χ4n) is 2.02. The summed E-state index contributed by atoms with van der Waals surface area (Å²) in [5, 5.41) is 6.93. The fourth-order valence-corrected chi connectivity index (χ4v) is 2.38. The van der Waals surface area contributed by atoms with Crippen LogP contribution in [-0.4, -0.2) is 26.5 Å². The van der Waals surface area contributed by atoms with Crippen molar-refractivity contribution in [2.75, 3.05) is 36.2 Å². The summed E-state index contributed by atoms with van der Waals surface area (Å²) in [6.45, 7) is 0.474. The molecule has 2 aromatic carbocycles. The van der Waals surface area contributed by atoms with Gasteiger partial charge in [0.05, 0.1) is 15.7 Å². The highest BCUT2D eigenvalue weighted by Crippen LogP contribution is 2.29. The number of hydrogen-bond donors (Lipinski definition) is 2. The average Bonchev–Trinajstić information content (AvgIpc) is 2.52. The monoisotopic (exact) mass is 351 g/mol. The molecular formula is C17H19Cl2N3O. The highest BCUT2D eigenvalue weighted by Gasteiger charge is 2.06. The first-order valence-electron chi connectivity index (χ1n) is 7.22. The largest absolute Gasteiger partial charge is 0.383 e. The minimum absolute atomic E-state index is 0.0618. The molecule has 0 aliphatic heterocycles. The lowest BCUT2D eigenvalue weighted by Gasteiger charge is -2.13. The average molecular weight is 352 g/mol. The third-order valence-electron chi connectivity index (χ3n) is 3.29. The van der Waals surface area contributed by atoms with Gasteiger partial charge in [-0.05, 0) is 36.4 Å². The number of carbonyl (C=O) groups is 1. The van der Waals surface area contributed by atoms with Gasteiger partial charge in [-0.2, -0.15) is 0 Å². The highest BCUT2D eigenvalue weighted by atomic mass is 35.5. The zero-order chi connectivity index (χ0) is 16.8. The normalized spacial score (nSPS) is 10.3. The van der Waals surface area contributed by atoms with Gasteiger partial charge in [-0.15, -0.1) is 0 Å². The number of nitrogens with one attached hydrogen (secondary N) is 2. The number of rotatable bonds is 6. The number of amides is 1. The van der Waals surface area contributed by atoms with Gasteiger partial charge < -0.3 is 15.5 Å². The zero-order valence-corrected chi connectivity index (χ0v) is 14.6. The van der Waals surface area contributed by atoms with Gasteiger partial charge >= 0.3 is 0 Å². The molecule has 0 spiro atoms. The molecule has 0 aliphatic carbocycles. The molecular weight excluding hydrogens is 333 g/mol. The number of hydrogen-bond acceptors (Lipinski definition) is 3. The molecule has 23 heavy (non-hydrogen) atoms. The maximum atomic E-state index is 12.0. The van der Waals surface area contributed by atoms with E-state index < -0.39 is 0 Å². The van der Waals surface area contributed by atoms with Crippen molar-refractivity contribution in [1.82, 2.24) is 0 Å². The van der Waals surface area contributed by atoms with Crippen molar-refractivity contribution in [3.05, 3.63) is 52.5 Å². The Morgan fingerprint density at radius 1 is 1.09 bits per heavy atom. The first-order valence-corrected chi connectivity index (χ1v) is 7.98. The molecule has 0 atom stereocenters. The second-order valence-corrected chi connectivity index (χ2v) is 6.05. The number of anilines is 3. The summed E-state index contributed by atoms with van der Waals surface area (Å²) in [5.41, 5.74) is 2.59. The summed E-state index contributed by atoms with van der Waals surface area (Å²) in [7, 11) is 3.94. The topological polar surface area (TPSA) is 44.4 Å². The third-order valence-corrected chi connectivity index (χ3v) is 4.11. The van der Waals surface area contributed by atoms with Crippen molar-refractivity contribution in [3.8, 4) is 0 Å². The maximum Gasteiger partial charge on any atom is 0.226 e. The summed E-state index contributed by atoms with van der Waals surface area (Å²) in [5.74, 6) is -0.0618. The van der Waals surface area contributed by atoms with E-state index in [-0.39, 0.29) is 5.91 Å². The van der Waals surface area contributed by atoms with Gasteiger partial charge in [0.1, 0.15) is 0 Å². The van der Waals surface area contributed by atoms with Crippen molar-refractivity contribution in [2.45, 2.75) is 6.42 Å². The minimum atomic E-state index is -0.0618. The molecule has 0 saturated carbocycles. The van der Waals surface area contributed by atoms with Crippen LogP contribution in [0.2, 0.25) is 10.0 Å². The standard InChI is InChI=1S/C17H19Cl2N3O/c1-22(2)13-8-6-12(7-9-13)21-16(23)10-11-20-15-5-3-4-14(18)17(15)19/h3-9,20H,10-11H2,1-2H3,(H,21,23). The van der Waals surface area contributed by atoms with Gasteiger partial charge in [0.25, 0.3) is 0 Å². The van der Waals surface area contributed by atoms with Crippen LogP contribution in [0.15, 0.2) is 42.5 Å². The smallest absolute Gasteiger partial charge is 0.226 e. The van der Waals surface area contributed by atoms with Crippen LogP contribution in [0, 0.1) is 0 Å². The quantitative estimate of drug-likeness (QED) is 0.805. The molecule has 2 aromatic rings. The molecule has 122 valence electrons. The van der Waals surface area contributed by atoms with E-state index in [2.05, 4.69) is 10.6 Å². The second-order valence-electron chi connectivity index (χ2n) is 5.27. The van der Waals surface area contributed by atoms with E-state index >= 15 is 0 Å². The van der Waals surface area contributed by atoms with Crippen LogP contribution in [0.5, 0.6) is 0 Å². The summed E-state index contributed by atoms with van der Waals surface area (Å²) in [6, 6.07) is 13.0. The van der Waals surface area contributed by atoms with Crippen molar-refractivity contribution in [1.29, 1.82) is 0 Å². The van der Waals surface area contributed by atoms with Gasteiger partial charge in [0.2, 0.25) is 5.91 Å². The molecule has 2 N–H and O–H groups in total. The summed E-state index contributed by atoms with van der Waals surface area (Å²) in [6.07, 6.45) is 0.332.